The fourth-order valence-electron chi connectivity index (χ4n) is 7.60. The van der Waals surface area contributed by atoms with E-state index in [1.807, 2.05) is 13.8 Å². The first-order valence-corrected chi connectivity index (χ1v) is 10.5. The second-order valence-corrected chi connectivity index (χ2v) is 10.2. The van der Waals surface area contributed by atoms with Crippen LogP contribution in [0.5, 0.6) is 0 Å². The van der Waals surface area contributed by atoms with Crippen molar-refractivity contribution in [3.05, 3.63) is 12.2 Å². The molecule has 0 radical (unpaired) electrons. The third kappa shape index (κ3) is 2.08. The lowest BCUT2D eigenvalue weighted by molar-refractivity contribution is -0.256. The lowest BCUT2D eigenvalue weighted by Gasteiger charge is -2.62. The largest absolute Gasteiger partial charge is 0.462 e. The van der Waals surface area contributed by atoms with Gasteiger partial charge in [-0.15, -0.1) is 0 Å². The molecule has 2 bridgehead atoms. The van der Waals surface area contributed by atoms with Crippen molar-refractivity contribution < 1.29 is 33.7 Å². The molecule has 2 saturated heterocycles. The number of carbonyl (C=O) groups is 3. The Morgan fingerprint density at radius 1 is 1.28 bits per heavy atom. The van der Waals surface area contributed by atoms with Gasteiger partial charge >= 0.3 is 11.9 Å². The summed E-state index contributed by atoms with van der Waals surface area (Å²) in [5.74, 6) is -1.76. The third-order valence-electron chi connectivity index (χ3n) is 8.75. The smallest absolute Gasteiger partial charge is 0.320 e. The minimum Gasteiger partial charge on any atom is -0.462 e. The van der Waals surface area contributed by atoms with E-state index >= 15 is 0 Å². The fourth-order valence-corrected chi connectivity index (χ4v) is 7.60. The number of allylic oxidation sites excluding steroid dienone is 1. The molecule has 3 saturated carbocycles. The van der Waals surface area contributed by atoms with Crippen LogP contribution >= 0.6 is 0 Å². The van der Waals surface area contributed by atoms with Crippen molar-refractivity contribution in [1.82, 2.24) is 0 Å². The predicted octanol–water partition coefficient (Wildman–Crippen LogP) is 1.77. The maximum absolute atomic E-state index is 13.3. The molecule has 5 aliphatic rings. The van der Waals surface area contributed by atoms with Crippen LogP contribution in [0.25, 0.3) is 0 Å². The Morgan fingerprint density at radius 3 is 2.69 bits per heavy atom. The van der Waals surface area contributed by atoms with Gasteiger partial charge in [0.05, 0.1) is 6.61 Å². The van der Waals surface area contributed by atoms with E-state index in [0.717, 1.165) is 6.42 Å². The van der Waals surface area contributed by atoms with Crippen LogP contribution in [0.4, 0.5) is 0 Å². The zero-order chi connectivity index (χ0) is 20.9. The normalized spacial score (nSPS) is 49.7. The van der Waals surface area contributed by atoms with Crippen molar-refractivity contribution >= 4 is 17.7 Å². The average Bonchev–Trinajstić information content (AvgIpc) is 3.09. The molecule has 0 unspecified atom stereocenters. The monoisotopic (exact) mass is 404 g/mol. The molecule has 2 heterocycles. The molecule has 29 heavy (non-hydrogen) atoms. The van der Waals surface area contributed by atoms with Crippen molar-refractivity contribution in [2.24, 2.45) is 34.0 Å². The molecule has 2 aliphatic heterocycles. The van der Waals surface area contributed by atoms with Crippen molar-refractivity contribution in [1.29, 1.82) is 0 Å². The number of hydrogen-bond acceptors (Lipinski definition) is 7. The molecule has 5 fully saturated rings. The summed E-state index contributed by atoms with van der Waals surface area (Å²) in [5.41, 5.74) is -1.98. The Bertz CT molecular complexity index is 831. The Labute approximate surface area is 169 Å². The molecule has 158 valence electrons. The molecule has 0 aromatic heterocycles. The second kappa shape index (κ2) is 5.70. The van der Waals surface area contributed by atoms with Crippen LogP contribution in [0.2, 0.25) is 0 Å². The standard InChI is InChI=1S/C22H28O7/c1-10-12-5-6-13-21(8-12,17(10)24)19(26)29-15-7-14(28-11(2)23)20(3,4)16-18(25)27-9-22(13,15)16/h12-16,18,25H,1,5-9H2,2-4H3/t12-,13-,14+,15+,16-,18+,21-,22-/m1/s1. The Hall–Kier alpha value is -1.73. The molecule has 7 heteroatoms. The summed E-state index contributed by atoms with van der Waals surface area (Å²) in [5, 5.41) is 10.9. The molecule has 0 amide bonds. The quantitative estimate of drug-likeness (QED) is 0.404. The van der Waals surface area contributed by atoms with E-state index in [1.54, 1.807) is 0 Å². The highest BCUT2D eigenvalue weighted by atomic mass is 16.6. The lowest BCUT2D eigenvalue weighted by atomic mass is 9.43. The number of carbonyl (C=O) groups excluding carboxylic acids is 3. The molecule has 0 aromatic rings. The number of Topliss-reactive ketones (excluding diaryl/α,β-unsaturated/α-hetero) is 1. The second-order valence-electron chi connectivity index (χ2n) is 10.2. The maximum atomic E-state index is 13.3. The summed E-state index contributed by atoms with van der Waals surface area (Å²) in [6.07, 6.45) is 0.125. The molecule has 2 spiro atoms. The summed E-state index contributed by atoms with van der Waals surface area (Å²) >= 11 is 0. The third-order valence-corrected chi connectivity index (χ3v) is 8.75. The number of esters is 2. The number of ether oxygens (including phenoxy) is 3. The molecule has 5 rings (SSSR count). The first kappa shape index (κ1) is 19.2. The van der Waals surface area contributed by atoms with Gasteiger partial charge in [0.1, 0.15) is 17.6 Å². The molecular weight excluding hydrogens is 376 g/mol. The number of hydrogen-bond donors (Lipinski definition) is 1. The number of aliphatic hydroxyl groups excluding tert-OH is 1. The van der Waals surface area contributed by atoms with E-state index in [2.05, 4.69) is 6.58 Å². The average molecular weight is 404 g/mol. The first-order valence-electron chi connectivity index (χ1n) is 10.5. The minimum atomic E-state index is -1.22. The van der Waals surface area contributed by atoms with Gasteiger partial charge in [-0.05, 0) is 36.7 Å². The number of aliphatic hydroxyl groups is 1. The SMILES string of the molecule is C=C1C(=O)[C@@]23C[C@H]1CC[C@H]2[C@@]12CO[C@H](O)[C@@H]1C(C)(C)[C@@H](OC(C)=O)C[C@@H]2OC3=O. The Kier molecular flexibility index (Phi) is 3.78. The van der Waals surface area contributed by atoms with Gasteiger partial charge in [0.15, 0.2) is 12.1 Å². The molecule has 7 nitrogen and oxygen atoms in total. The van der Waals surface area contributed by atoms with Gasteiger partial charge in [-0.25, -0.2) is 0 Å². The van der Waals surface area contributed by atoms with Gasteiger partial charge < -0.3 is 19.3 Å². The van der Waals surface area contributed by atoms with Gasteiger partial charge in [-0.2, -0.15) is 0 Å². The van der Waals surface area contributed by atoms with Crippen molar-refractivity contribution in [2.45, 2.75) is 65.0 Å². The topological polar surface area (TPSA) is 99.1 Å². The highest BCUT2D eigenvalue weighted by molar-refractivity contribution is 6.15. The van der Waals surface area contributed by atoms with E-state index in [4.69, 9.17) is 14.2 Å². The van der Waals surface area contributed by atoms with Crippen LogP contribution in [0.1, 0.15) is 46.5 Å². The van der Waals surface area contributed by atoms with E-state index in [-0.39, 0.29) is 24.2 Å². The zero-order valence-electron chi connectivity index (χ0n) is 17.1. The summed E-state index contributed by atoms with van der Waals surface area (Å²) < 4.78 is 17.4. The fraction of sp³-hybridized carbons (Fsp3) is 0.773. The summed E-state index contributed by atoms with van der Waals surface area (Å²) in [6, 6.07) is 0. The van der Waals surface area contributed by atoms with Gasteiger partial charge in [0, 0.05) is 30.1 Å². The van der Waals surface area contributed by atoms with Crippen LogP contribution in [-0.4, -0.2) is 47.9 Å². The van der Waals surface area contributed by atoms with Crippen LogP contribution in [-0.2, 0) is 28.6 Å². The van der Waals surface area contributed by atoms with Crippen LogP contribution in [0.3, 0.4) is 0 Å². The highest BCUT2D eigenvalue weighted by Crippen LogP contribution is 2.71. The molecule has 8 atom stereocenters. The molecule has 1 N–H and O–H groups in total. The lowest BCUT2D eigenvalue weighted by Crippen LogP contribution is -2.70. The number of fused-ring (bicyclic) bond motifs is 1. The predicted molar refractivity (Wildman–Crippen MR) is 99.1 cm³/mol. The maximum Gasteiger partial charge on any atom is 0.320 e. The minimum absolute atomic E-state index is 0.0235. The highest BCUT2D eigenvalue weighted by Gasteiger charge is 2.78. The molecular formula is C22H28O7. The van der Waals surface area contributed by atoms with E-state index < -0.39 is 52.6 Å². The van der Waals surface area contributed by atoms with Crippen molar-refractivity contribution in [3.63, 3.8) is 0 Å². The van der Waals surface area contributed by atoms with Gasteiger partial charge in [-0.1, -0.05) is 20.4 Å². The Morgan fingerprint density at radius 2 is 2.00 bits per heavy atom. The van der Waals surface area contributed by atoms with Gasteiger partial charge in [0.2, 0.25) is 0 Å². The molecule has 0 aromatic carbocycles. The van der Waals surface area contributed by atoms with E-state index in [9.17, 15) is 19.5 Å². The van der Waals surface area contributed by atoms with Gasteiger partial charge in [-0.3, -0.25) is 14.4 Å². The number of ketones is 1. The van der Waals surface area contributed by atoms with E-state index in [0.29, 0.717) is 24.8 Å². The van der Waals surface area contributed by atoms with Crippen molar-refractivity contribution in [2.75, 3.05) is 6.61 Å². The van der Waals surface area contributed by atoms with Crippen LogP contribution in [0, 0.1) is 34.0 Å². The van der Waals surface area contributed by atoms with Crippen molar-refractivity contribution in [3.8, 4) is 0 Å². The zero-order valence-corrected chi connectivity index (χ0v) is 17.1. The summed E-state index contributed by atoms with van der Waals surface area (Å²) in [7, 11) is 0. The number of rotatable bonds is 1. The van der Waals surface area contributed by atoms with Crippen LogP contribution in [0.15, 0.2) is 12.2 Å². The van der Waals surface area contributed by atoms with E-state index in [1.165, 1.54) is 6.92 Å². The van der Waals surface area contributed by atoms with Gasteiger partial charge in [0.25, 0.3) is 0 Å². The van der Waals surface area contributed by atoms with Crippen LogP contribution < -0.4 is 0 Å². The Balaban J connectivity index is 1.66. The summed E-state index contributed by atoms with van der Waals surface area (Å²) in [4.78, 5) is 38.3. The summed E-state index contributed by atoms with van der Waals surface area (Å²) in [6.45, 7) is 9.48. The molecule has 3 aliphatic carbocycles. The first-order chi connectivity index (χ1) is 13.6.